The maximum absolute atomic E-state index is 5.94. The normalized spacial score (nSPS) is 27.5. The van der Waals surface area contributed by atoms with E-state index in [9.17, 15) is 0 Å². The number of nitrogens with one attached hydrogen (secondary N) is 2. The predicted molar refractivity (Wildman–Crippen MR) is 122 cm³/mol. The highest BCUT2D eigenvalue weighted by atomic mass is 127. The van der Waals surface area contributed by atoms with Gasteiger partial charge in [-0.1, -0.05) is 0 Å². The minimum absolute atomic E-state index is 0. The van der Waals surface area contributed by atoms with Crippen LogP contribution >= 0.6 is 24.0 Å². The number of anilines is 1. The van der Waals surface area contributed by atoms with Crippen LogP contribution in [0.1, 0.15) is 26.2 Å². The summed E-state index contributed by atoms with van der Waals surface area (Å²) in [4.78, 5) is 18.2. The first-order valence-corrected chi connectivity index (χ1v) is 10.3. The molecule has 2 N–H and O–H groups in total. The number of guanidine groups is 1. The zero-order valence-electron chi connectivity index (χ0n) is 16.6. The van der Waals surface area contributed by atoms with Crippen LogP contribution in [0.4, 0.5) is 5.95 Å². The van der Waals surface area contributed by atoms with Crippen molar-refractivity contribution in [2.45, 2.75) is 44.4 Å². The standard InChI is InChI=1S/C19H31N7O.HI/c1-2-20-18(24-16-14-15-4-5-17(16)27-15)21-8-9-25-10-12-26(13-11-25)19-22-6-3-7-23-19;/h3,6-7,15-17H,2,4-5,8-14H2,1H3,(H2,20,21,24);1H. The number of aliphatic imine (C=N–C) groups is 1. The molecule has 3 unspecified atom stereocenters. The van der Waals surface area contributed by atoms with Crippen molar-refractivity contribution in [2.75, 3.05) is 50.7 Å². The van der Waals surface area contributed by atoms with Crippen LogP contribution in [0.2, 0.25) is 0 Å². The number of nitrogens with zero attached hydrogens (tertiary/aromatic N) is 5. The molecule has 0 spiro atoms. The van der Waals surface area contributed by atoms with E-state index >= 15 is 0 Å². The van der Waals surface area contributed by atoms with Gasteiger partial charge in [0, 0.05) is 51.7 Å². The zero-order valence-corrected chi connectivity index (χ0v) is 18.9. The molecule has 3 aliphatic heterocycles. The molecule has 8 nitrogen and oxygen atoms in total. The first-order chi connectivity index (χ1) is 13.3. The van der Waals surface area contributed by atoms with E-state index in [2.05, 4.69) is 37.3 Å². The van der Waals surface area contributed by atoms with Gasteiger partial charge in [-0.05, 0) is 32.3 Å². The molecule has 0 aliphatic carbocycles. The first kappa shape index (κ1) is 21.5. The molecule has 3 aliphatic rings. The molecular formula is C19H32IN7O. The van der Waals surface area contributed by atoms with E-state index in [-0.39, 0.29) is 24.0 Å². The Labute approximate surface area is 184 Å². The Balaban J connectivity index is 0.00000225. The number of hydrogen-bond acceptors (Lipinski definition) is 6. The summed E-state index contributed by atoms with van der Waals surface area (Å²) in [5.74, 6) is 1.76. The SMILES string of the molecule is CCNC(=NCCN1CCN(c2ncccn2)CC1)NC1CC2CCC1O2.I. The average molecular weight is 501 g/mol. The lowest BCUT2D eigenvalue weighted by Gasteiger charge is -2.34. The Bertz CT molecular complexity index is 624. The zero-order chi connectivity index (χ0) is 18.5. The monoisotopic (exact) mass is 501 g/mol. The van der Waals surface area contributed by atoms with Gasteiger partial charge in [-0.25, -0.2) is 9.97 Å². The van der Waals surface area contributed by atoms with Gasteiger partial charge in [0.1, 0.15) is 0 Å². The Kier molecular flexibility index (Phi) is 8.10. The first-order valence-electron chi connectivity index (χ1n) is 10.3. The van der Waals surface area contributed by atoms with Crippen molar-refractivity contribution in [3.8, 4) is 0 Å². The second-order valence-corrected chi connectivity index (χ2v) is 7.50. The molecule has 1 aromatic rings. The summed E-state index contributed by atoms with van der Waals surface area (Å²) < 4.78 is 5.94. The van der Waals surface area contributed by atoms with E-state index in [1.54, 1.807) is 12.4 Å². The third-order valence-electron chi connectivity index (χ3n) is 5.67. The van der Waals surface area contributed by atoms with Crippen molar-refractivity contribution in [3.63, 3.8) is 0 Å². The molecule has 28 heavy (non-hydrogen) atoms. The molecular weight excluding hydrogens is 469 g/mol. The van der Waals surface area contributed by atoms with Crippen LogP contribution < -0.4 is 15.5 Å². The number of piperazine rings is 1. The highest BCUT2D eigenvalue weighted by molar-refractivity contribution is 14.0. The van der Waals surface area contributed by atoms with Crippen molar-refractivity contribution in [3.05, 3.63) is 18.5 Å². The molecule has 3 saturated heterocycles. The fraction of sp³-hybridized carbons (Fsp3) is 0.737. The largest absolute Gasteiger partial charge is 0.373 e. The molecule has 0 aromatic carbocycles. The van der Waals surface area contributed by atoms with Gasteiger partial charge >= 0.3 is 0 Å². The summed E-state index contributed by atoms with van der Waals surface area (Å²) >= 11 is 0. The fourth-order valence-electron chi connectivity index (χ4n) is 4.21. The number of halogens is 1. The minimum Gasteiger partial charge on any atom is -0.373 e. The average Bonchev–Trinajstić information content (AvgIpc) is 3.32. The quantitative estimate of drug-likeness (QED) is 0.344. The lowest BCUT2D eigenvalue weighted by molar-refractivity contribution is 0.0992. The third kappa shape index (κ3) is 5.44. The molecule has 0 saturated carbocycles. The van der Waals surface area contributed by atoms with Gasteiger partial charge in [-0.15, -0.1) is 24.0 Å². The Morgan fingerprint density at radius 2 is 2.00 bits per heavy atom. The summed E-state index contributed by atoms with van der Waals surface area (Å²) in [5.41, 5.74) is 0. The van der Waals surface area contributed by atoms with Crippen LogP contribution in [0.3, 0.4) is 0 Å². The van der Waals surface area contributed by atoms with E-state index in [1.807, 2.05) is 6.07 Å². The van der Waals surface area contributed by atoms with Gasteiger partial charge in [-0.3, -0.25) is 9.89 Å². The molecule has 3 fully saturated rings. The van der Waals surface area contributed by atoms with Gasteiger partial charge < -0.3 is 20.3 Å². The summed E-state index contributed by atoms with van der Waals surface area (Å²) in [6, 6.07) is 2.27. The molecule has 0 radical (unpaired) electrons. The smallest absolute Gasteiger partial charge is 0.225 e. The maximum atomic E-state index is 5.94. The lowest BCUT2D eigenvalue weighted by atomic mass is 9.96. The molecule has 9 heteroatoms. The van der Waals surface area contributed by atoms with Crippen molar-refractivity contribution in [1.29, 1.82) is 0 Å². The number of aromatic nitrogens is 2. The molecule has 1 aromatic heterocycles. The van der Waals surface area contributed by atoms with Crippen LogP contribution in [0, 0.1) is 0 Å². The molecule has 0 amide bonds. The van der Waals surface area contributed by atoms with E-state index in [0.29, 0.717) is 18.2 Å². The summed E-state index contributed by atoms with van der Waals surface area (Å²) in [6.07, 6.45) is 7.94. The highest BCUT2D eigenvalue weighted by Crippen LogP contribution is 2.34. The van der Waals surface area contributed by atoms with E-state index in [4.69, 9.17) is 9.73 Å². The van der Waals surface area contributed by atoms with E-state index in [1.165, 1.54) is 12.8 Å². The number of hydrogen-bond donors (Lipinski definition) is 2. The molecule has 4 rings (SSSR count). The second kappa shape index (κ2) is 10.5. The summed E-state index contributed by atoms with van der Waals surface area (Å²) in [5, 5.41) is 6.96. The van der Waals surface area contributed by atoms with Gasteiger partial charge in [0.05, 0.1) is 24.8 Å². The molecule has 3 atom stereocenters. The number of rotatable bonds is 6. The third-order valence-corrected chi connectivity index (χ3v) is 5.67. The fourth-order valence-corrected chi connectivity index (χ4v) is 4.21. The van der Waals surface area contributed by atoms with Crippen LogP contribution in [0.5, 0.6) is 0 Å². The second-order valence-electron chi connectivity index (χ2n) is 7.50. The van der Waals surface area contributed by atoms with Crippen LogP contribution in [0.25, 0.3) is 0 Å². The Hall–Kier alpha value is -1.20. The van der Waals surface area contributed by atoms with Crippen molar-refractivity contribution < 1.29 is 4.74 Å². The van der Waals surface area contributed by atoms with Crippen LogP contribution in [-0.4, -0.2) is 84.9 Å². The molecule has 2 bridgehead atoms. The van der Waals surface area contributed by atoms with E-state index < -0.39 is 0 Å². The number of ether oxygens (including phenoxy) is 1. The van der Waals surface area contributed by atoms with Crippen LogP contribution in [-0.2, 0) is 4.74 Å². The van der Waals surface area contributed by atoms with Crippen molar-refractivity contribution in [1.82, 2.24) is 25.5 Å². The Morgan fingerprint density at radius 1 is 1.21 bits per heavy atom. The van der Waals surface area contributed by atoms with Gasteiger partial charge in [0.25, 0.3) is 0 Å². The van der Waals surface area contributed by atoms with Gasteiger partial charge in [0.2, 0.25) is 5.95 Å². The summed E-state index contributed by atoms with van der Waals surface area (Å²) in [6.45, 7) is 8.76. The van der Waals surface area contributed by atoms with Crippen LogP contribution in [0.15, 0.2) is 23.5 Å². The van der Waals surface area contributed by atoms with Crippen molar-refractivity contribution in [2.24, 2.45) is 4.99 Å². The van der Waals surface area contributed by atoms with E-state index in [0.717, 1.165) is 64.1 Å². The molecule has 4 heterocycles. The van der Waals surface area contributed by atoms with Gasteiger partial charge in [-0.2, -0.15) is 0 Å². The highest BCUT2D eigenvalue weighted by Gasteiger charge is 2.41. The maximum Gasteiger partial charge on any atom is 0.225 e. The topological polar surface area (TPSA) is 77.9 Å². The minimum atomic E-state index is 0. The van der Waals surface area contributed by atoms with Gasteiger partial charge in [0.15, 0.2) is 5.96 Å². The molecule has 156 valence electrons. The summed E-state index contributed by atoms with van der Waals surface area (Å²) in [7, 11) is 0. The lowest BCUT2D eigenvalue weighted by Crippen LogP contribution is -2.49. The number of fused-ring (bicyclic) bond motifs is 2. The predicted octanol–water partition coefficient (Wildman–Crippen LogP) is 1.09. The Morgan fingerprint density at radius 3 is 2.64 bits per heavy atom. The van der Waals surface area contributed by atoms with Crippen molar-refractivity contribution >= 4 is 35.9 Å².